The van der Waals surface area contributed by atoms with E-state index in [4.69, 9.17) is 4.74 Å². The zero-order chi connectivity index (χ0) is 20.6. The number of anilines is 1. The molecule has 1 N–H and O–H groups in total. The predicted octanol–water partition coefficient (Wildman–Crippen LogP) is 2.79. The van der Waals surface area contributed by atoms with Crippen molar-refractivity contribution in [3.8, 4) is 5.75 Å². The highest BCUT2D eigenvalue weighted by Gasteiger charge is 2.37. The zero-order valence-corrected chi connectivity index (χ0v) is 17.1. The third-order valence-electron chi connectivity index (χ3n) is 5.70. The average Bonchev–Trinajstić information content (AvgIpc) is 2.73. The van der Waals surface area contributed by atoms with Crippen LogP contribution < -0.4 is 10.1 Å². The van der Waals surface area contributed by atoms with Gasteiger partial charge >= 0.3 is 0 Å². The Kier molecular flexibility index (Phi) is 4.88. The Hall–Kier alpha value is -3.12. The third-order valence-corrected chi connectivity index (χ3v) is 5.70. The van der Waals surface area contributed by atoms with E-state index in [9.17, 15) is 9.59 Å². The summed E-state index contributed by atoms with van der Waals surface area (Å²) in [6, 6.07) is 14.4. The molecule has 0 aromatic heterocycles. The Morgan fingerprint density at radius 1 is 0.931 bits per heavy atom. The number of hydrogen-bond donors (Lipinski definition) is 1. The molecule has 1 aliphatic heterocycles. The summed E-state index contributed by atoms with van der Waals surface area (Å²) in [5, 5.41) is 3.23. The number of methoxy groups -OCH3 is 1. The lowest BCUT2D eigenvalue weighted by molar-refractivity contribution is -0.894. The number of fused-ring (bicyclic) bond motifs is 1. The summed E-state index contributed by atoms with van der Waals surface area (Å²) in [5.41, 5.74) is 2.44. The number of carbonyl (C=O) groups is 2. The smallest absolute Gasteiger partial charge is 0.212 e. The van der Waals surface area contributed by atoms with Gasteiger partial charge in [-0.2, -0.15) is 0 Å². The first kappa shape index (κ1) is 19.2. The summed E-state index contributed by atoms with van der Waals surface area (Å²) in [6.45, 7) is 3.29. The summed E-state index contributed by atoms with van der Waals surface area (Å²) in [7, 11) is 5.97. The van der Waals surface area contributed by atoms with Crippen molar-refractivity contribution in [2.75, 3.05) is 52.7 Å². The molecule has 6 nitrogen and oxygen atoms in total. The minimum atomic E-state index is -0.155. The third kappa shape index (κ3) is 3.63. The number of ether oxygens (including phenoxy) is 1. The molecular weight excluding hydrogens is 366 g/mol. The van der Waals surface area contributed by atoms with Gasteiger partial charge in [0.25, 0.3) is 0 Å². The summed E-state index contributed by atoms with van der Waals surface area (Å²) >= 11 is 0. The van der Waals surface area contributed by atoms with Crippen molar-refractivity contribution in [2.24, 2.45) is 0 Å². The number of ketones is 2. The van der Waals surface area contributed by atoms with Crippen LogP contribution in [0.2, 0.25) is 0 Å². The number of allylic oxidation sites excluding steroid dienone is 2. The molecular formula is C23H26N3O3+. The Labute approximate surface area is 171 Å². The first-order valence-corrected chi connectivity index (χ1v) is 9.80. The van der Waals surface area contributed by atoms with Gasteiger partial charge in [-0.1, -0.05) is 30.3 Å². The highest BCUT2D eigenvalue weighted by molar-refractivity contribution is 6.27. The van der Waals surface area contributed by atoms with E-state index in [1.165, 1.54) is 0 Å². The number of rotatable bonds is 4. The number of quaternary nitrogens is 1. The fourth-order valence-electron chi connectivity index (χ4n) is 3.86. The lowest BCUT2D eigenvalue weighted by Crippen LogP contribution is -2.55. The summed E-state index contributed by atoms with van der Waals surface area (Å²) in [6.07, 6.45) is 0. The minimum Gasteiger partial charge on any atom is -0.497 e. The van der Waals surface area contributed by atoms with Crippen LogP contribution in [0, 0.1) is 0 Å². The second-order valence-corrected chi connectivity index (χ2v) is 8.15. The van der Waals surface area contributed by atoms with Gasteiger partial charge in [0, 0.05) is 22.9 Å². The van der Waals surface area contributed by atoms with Crippen LogP contribution >= 0.6 is 0 Å². The van der Waals surface area contributed by atoms with Gasteiger partial charge in [0.1, 0.15) is 17.1 Å². The molecule has 2 aromatic rings. The van der Waals surface area contributed by atoms with Crippen molar-refractivity contribution >= 4 is 17.3 Å². The number of nitrogens with zero attached hydrogens (tertiary/aromatic N) is 2. The molecule has 0 unspecified atom stereocenters. The molecule has 4 rings (SSSR count). The van der Waals surface area contributed by atoms with E-state index in [0.29, 0.717) is 34.0 Å². The van der Waals surface area contributed by atoms with Gasteiger partial charge in [0.15, 0.2) is 0 Å². The highest BCUT2D eigenvalue weighted by atomic mass is 16.5. The van der Waals surface area contributed by atoms with Gasteiger partial charge in [-0.05, 0) is 12.1 Å². The van der Waals surface area contributed by atoms with Gasteiger partial charge in [0.2, 0.25) is 11.6 Å². The summed E-state index contributed by atoms with van der Waals surface area (Å²) in [4.78, 5) is 28.8. The van der Waals surface area contributed by atoms with Crippen molar-refractivity contribution in [3.63, 3.8) is 0 Å². The van der Waals surface area contributed by atoms with Crippen molar-refractivity contribution in [1.29, 1.82) is 0 Å². The van der Waals surface area contributed by atoms with E-state index in [1.54, 1.807) is 31.4 Å². The van der Waals surface area contributed by atoms with Crippen molar-refractivity contribution in [1.82, 2.24) is 4.90 Å². The van der Waals surface area contributed by atoms with E-state index >= 15 is 0 Å². The Morgan fingerprint density at radius 3 is 2.24 bits per heavy atom. The number of carbonyl (C=O) groups excluding carboxylic acids is 2. The van der Waals surface area contributed by atoms with Crippen molar-refractivity contribution in [2.45, 2.75) is 0 Å². The van der Waals surface area contributed by atoms with Crippen LogP contribution in [0.1, 0.15) is 20.7 Å². The van der Waals surface area contributed by atoms with Crippen molar-refractivity contribution < 1.29 is 18.8 Å². The first-order valence-electron chi connectivity index (χ1n) is 9.80. The van der Waals surface area contributed by atoms with Gasteiger partial charge in [-0.3, -0.25) is 9.59 Å². The van der Waals surface area contributed by atoms with Crippen LogP contribution in [0.5, 0.6) is 5.75 Å². The van der Waals surface area contributed by atoms with E-state index in [2.05, 4.69) is 24.3 Å². The fraction of sp³-hybridized carbons (Fsp3) is 0.304. The van der Waals surface area contributed by atoms with E-state index in [0.717, 1.165) is 30.7 Å². The fourth-order valence-corrected chi connectivity index (χ4v) is 3.86. The number of Topliss-reactive ketones (excluding diaryl/α,β-unsaturated/α-hetero) is 2. The summed E-state index contributed by atoms with van der Waals surface area (Å²) in [5.74, 6) is 0.430. The van der Waals surface area contributed by atoms with Crippen molar-refractivity contribution in [3.05, 3.63) is 71.1 Å². The second kappa shape index (κ2) is 7.37. The normalized spacial score (nSPS) is 18.5. The minimum absolute atomic E-state index is 0.0993. The molecule has 1 fully saturated rings. The molecule has 0 bridgehead atoms. The maximum absolute atomic E-state index is 13.4. The van der Waals surface area contributed by atoms with Crippen LogP contribution in [0.15, 0.2) is 59.9 Å². The molecule has 0 spiro atoms. The van der Waals surface area contributed by atoms with Crippen LogP contribution in [0.4, 0.5) is 5.69 Å². The molecule has 6 heteroatoms. The van der Waals surface area contributed by atoms with E-state index < -0.39 is 0 Å². The predicted molar refractivity (Wildman–Crippen MR) is 112 cm³/mol. The molecule has 0 radical (unpaired) electrons. The monoisotopic (exact) mass is 392 g/mol. The van der Waals surface area contributed by atoms with Crippen LogP contribution in [-0.2, 0) is 0 Å². The molecule has 2 aromatic carbocycles. The number of hydrogen-bond acceptors (Lipinski definition) is 5. The number of benzene rings is 2. The highest BCUT2D eigenvalue weighted by Crippen LogP contribution is 2.31. The van der Waals surface area contributed by atoms with Gasteiger partial charge < -0.3 is 19.4 Å². The molecule has 1 heterocycles. The maximum Gasteiger partial charge on any atom is 0.212 e. The van der Waals surface area contributed by atoms with Gasteiger partial charge in [-0.15, -0.1) is 0 Å². The molecule has 29 heavy (non-hydrogen) atoms. The Morgan fingerprint density at radius 2 is 1.59 bits per heavy atom. The standard InChI is InChI=1S/C23H25N3O3/c1-26(2)13-11-25(12-14-26)21-20(24-16-7-6-8-17(15-16)29-3)22(27)18-9-4-5-10-19(18)23(21)28/h4-10,15H,11-14H2,1-3H3/p+1. The molecule has 2 aliphatic rings. The molecule has 0 saturated carbocycles. The first-order chi connectivity index (χ1) is 13.9. The molecule has 0 amide bonds. The zero-order valence-electron chi connectivity index (χ0n) is 17.1. The lowest BCUT2D eigenvalue weighted by atomic mass is 9.89. The summed E-state index contributed by atoms with van der Waals surface area (Å²) < 4.78 is 6.20. The van der Waals surface area contributed by atoms with Gasteiger partial charge in [-0.25, -0.2) is 0 Å². The Bertz CT molecular complexity index is 1000. The molecule has 0 atom stereocenters. The largest absolute Gasteiger partial charge is 0.497 e. The number of likely N-dealkylation sites (N-methyl/N-ethyl adjacent to an activating group) is 1. The quantitative estimate of drug-likeness (QED) is 0.811. The topological polar surface area (TPSA) is 58.6 Å². The molecule has 1 saturated heterocycles. The SMILES string of the molecule is COc1cccc(NC2=C(N3CC[N+](C)(C)CC3)C(=O)c3ccccc3C2=O)c1. The lowest BCUT2D eigenvalue weighted by Gasteiger charge is -2.41. The molecule has 1 aliphatic carbocycles. The maximum atomic E-state index is 13.4. The second-order valence-electron chi connectivity index (χ2n) is 8.15. The number of nitrogens with one attached hydrogen (secondary N) is 1. The number of piperazine rings is 1. The van der Waals surface area contributed by atoms with Crippen LogP contribution in [0.25, 0.3) is 0 Å². The average molecular weight is 392 g/mol. The van der Waals surface area contributed by atoms with E-state index in [-0.39, 0.29) is 11.6 Å². The van der Waals surface area contributed by atoms with Crippen LogP contribution in [-0.4, -0.2) is 68.3 Å². The van der Waals surface area contributed by atoms with Gasteiger partial charge in [0.05, 0.1) is 47.4 Å². The molecule has 150 valence electrons. The Balaban J connectivity index is 1.78. The van der Waals surface area contributed by atoms with Crippen LogP contribution in [0.3, 0.4) is 0 Å². The van der Waals surface area contributed by atoms with E-state index in [1.807, 2.05) is 24.3 Å².